The summed E-state index contributed by atoms with van der Waals surface area (Å²) in [6, 6.07) is 0. The molecule has 0 aromatic carbocycles. The van der Waals surface area contributed by atoms with Crippen LogP contribution in [0.5, 0.6) is 0 Å². The number of rotatable bonds is 2. The summed E-state index contributed by atoms with van der Waals surface area (Å²) in [6.07, 6.45) is 0. The molecule has 1 heterocycles. The minimum absolute atomic E-state index is 0.634. The highest BCUT2D eigenvalue weighted by Crippen LogP contribution is 2.17. The number of nitrogens with one attached hydrogen (secondary N) is 1. The molecule has 7 nitrogen and oxygen atoms in total. The van der Waals surface area contributed by atoms with Gasteiger partial charge in [0.15, 0.2) is 5.16 Å². The lowest BCUT2D eigenvalue weighted by atomic mass is 10.7. The van der Waals surface area contributed by atoms with Crippen LogP contribution in [0.2, 0.25) is 0 Å². The zero-order chi connectivity index (χ0) is 7.56. The first-order chi connectivity index (χ1) is 4.75. The van der Waals surface area contributed by atoms with Crippen molar-refractivity contribution in [3.05, 3.63) is 10.1 Å². The molecular weight excluding hydrogens is 147 g/mol. The maximum Gasteiger partial charge on any atom is 0.461 e. The zero-order valence-electron chi connectivity index (χ0n) is 4.44. The summed E-state index contributed by atoms with van der Waals surface area (Å²) in [7, 11) is 0. The van der Waals surface area contributed by atoms with E-state index in [1.54, 1.807) is 0 Å². The second kappa shape index (κ2) is 2.25. The number of hydrogen-bond acceptors (Lipinski definition) is 6. The van der Waals surface area contributed by atoms with E-state index in [0.29, 0.717) is 0 Å². The molecular formula is C2HFN4O3. The topological polar surface area (TPSA) is 94.1 Å². The van der Waals surface area contributed by atoms with E-state index in [9.17, 15) is 14.6 Å². The summed E-state index contributed by atoms with van der Waals surface area (Å²) in [6.45, 7) is 0. The molecule has 0 fully saturated rings. The Labute approximate surface area is 52.9 Å². The molecule has 54 valence electrons. The minimum Gasteiger partial charge on any atom is -0.358 e. The fourth-order valence-corrected chi connectivity index (χ4v) is 0.363. The summed E-state index contributed by atoms with van der Waals surface area (Å²) in [5.74, 6) is -1.41. The molecule has 8 heteroatoms. The third kappa shape index (κ3) is 0.855. The van der Waals surface area contributed by atoms with Crippen molar-refractivity contribution >= 4 is 11.6 Å². The van der Waals surface area contributed by atoms with Gasteiger partial charge < -0.3 is 10.1 Å². The lowest BCUT2D eigenvalue weighted by molar-refractivity contribution is -0.390. The summed E-state index contributed by atoms with van der Waals surface area (Å²) in [4.78, 5) is 8.96. The van der Waals surface area contributed by atoms with Gasteiger partial charge in [-0.15, -0.1) is 9.11 Å². The van der Waals surface area contributed by atoms with Crippen LogP contribution in [0.3, 0.4) is 0 Å². The highest BCUT2D eigenvalue weighted by molar-refractivity contribution is 5.46. The van der Waals surface area contributed by atoms with Gasteiger partial charge in [0.2, 0.25) is 0 Å². The molecule has 10 heavy (non-hydrogen) atoms. The van der Waals surface area contributed by atoms with Crippen molar-refractivity contribution in [3.8, 4) is 0 Å². The van der Waals surface area contributed by atoms with Gasteiger partial charge in [0.25, 0.3) is 0 Å². The molecule has 1 aromatic heterocycles. The average Bonchev–Trinajstić information content (AvgIpc) is 2.33. The molecule has 0 spiro atoms. The Morgan fingerprint density at radius 2 is 2.40 bits per heavy atom. The van der Waals surface area contributed by atoms with E-state index >= 15 is 0 Å². The number of nitrogens with zero attached hydrogens (tertiary/aromatic N) is 3. The number of hydrogen-bond donors (Lipinski definition) is 1. The Kier molecular flexibility index (Phi) is 1.44. The first-order valence-corrected chi connectivity index (χ1v) is 2.09. The SMILES string of the molecule is O=[N+]([O-])c1nonc1NF. The number of anilines is 1. The average molecular weight is 148 g/mol. The van der Waals surface area contributed by atoms with Crippen LogP contribution in [0.4, 0.5) is 16.1 Å². The van der Waals surface area contributed by atoms with Gasteiger partial charge in [-0.1, -0.05) is 0 Å². The monoisotopic (exact) mass is 148 g/mol. The summed E-state index contributed by atoms with van der Waals surface area (Å²) < 4.78 is 15.3. The van der Waals surface area contributed by atoms with Crippen LogP contribution in [0.25, 0.3) is 0 Å². The van der Waals surface area contributed by atoms with Crippen molar-refractivity contribution < 1.29 is 14.0 Å². The number of aromatic nitrogens is 2. The largest absolute Gasteiger partial charge is 0.461 e. The van der Waals surface area contributed by atoms with Crippen molar-refractivity contribution in [2.45, 2.75) is 0 Å². The Bertz CT molecular complexity index is 246. The summed E-state index contributed by atoms with van der Waals surface area (Å²) in [5.41, 5.74) is 0.948. The van der Waals surface area contributed by atoms with Crippen molar-refractivity contribution in [1.29, 1.82) is 0 Å². The quantitative estimate of drug-likeness (QED) is 0.367. The lowest BCUT2D eigenvalue weighted by Gasteiger charge is -1.85. The third-order valence-corrected chi connectivity index (χ3v) is 0.734. The molecule has 0 atom stereocenters. The van der Waals surface area contributed by atoms with Crippen LogP contribution in [0.1, 0.15) is 0 Å². The molecule has 0 unspecified atom stereocenters. The molecule has 0 aliphatic heterocycles. The van der Waals surface area contributed by atoms with Gasteiger partial charge in [-0.25, -0.2) is 0 Å². The van der Waals surface area contributed by atoms with Gasteiger partial charge in [-0.2, -0.15) is 5.54 Å². The van der Waals surface area contributed by atoms with E-state index in [0.717, 1.165) is 5.54 Å². The maximum atomic E-state index is 11.5. The van der Waals surface area contributed by atoms with Crippen LogP contribution >= 0.6 is 0 Å². The van der Waals surface area contributed by atoms with E-state index in [1.165, 1.54) is 0 Å². The molecule has 0 saturated heterocycles. The molecule has 0 amide bonds. The number of halogens is 1. The number of nitro groups is 1. The van der Waals surface area contributed by atoms with Gasteiger partial charge in [0.1, 0.15) is 0 Å². The molecule has 1 aromatic rings. The first-order valence-electron chi connectivity index (χ1n) is 2.09. The fraction of sp³-hybridized carbons (Fsp3) is 0. The predicted molar refractivity (Wildman–Crippen MR) is 25.7 cm³/mol. The molecule has 0 aliphatic carbocycles. The van der Waals surface area contributed by atoms with Crippen molar-refractivity contribution in [1.82, 2.24) is 10.3 Å². The molecule has 1 rings (SSSR count). The smallest absolute Gasteiger partial charge is 0.358 e. The van der Waals surface area contributed by atoms with Crippen LogP contribution in [0.15, 0.2) is 4.63 Å². The van der Waals surface area contributed by atoms with Gasteiger partial charge in [-0.3, -0.25) is 0 Å². The normalized spacial score (nSPS) is 9.30. The molecule has 0 radical (unpaired) electrons. The summed E-state index contributed by atoms with van der Waals surface area (Å²) >= 11 is 0. The highest BCUT2D eigenvalue weighted by Gasteiger charge is 2.21. The molecule has 0 aliphatic rings. The second-order valence-corrected chi connectivity index (χ2v) is 1.29. The Morgan fingerprint density at radius 3 is 2.80 bits per heavy atom. The van der Waals surface area contributed by atoms with E-state index < -0.39 is 16.6 Å². The van der Waals surface area contributed by atoms with E-state index in [-0.39, 0.29) is 0 Å². The van der Waals surface area contributed by atoms with Crippen molar-refractivity contribution in [2.75, 3.05) is 5.54 Å². The van der Waals surface area contributed by atoms with Gasteiger partial charge in [-0.05, 0) is 4.92 Å². The molecule has 0 bridgehead atoms. The summed E-state index contributed by atoms with van der Waals surface area (Å²) in [5, 5.41) is 15.5. The van der Waals surface area contributed by atoms with Crippen LogP contribution < -0.4 is 5.54 Å². The van der Waals surface area contributed by atoms with E-state index in [2.05, 4.69) is 14.9 Å². The van der Waals surface area contributed by atoms with Crippen LogP contribution in [0, 0.1) is 10.1 Å². The minimum atomic E-state index is -0.918. The fourth-order valence-electron chi connectivity index (χ4n) is 0.363. The second-order valence-electron chi connectivity index (χ2n) is 1.29. The van der Waals surface area contributed by atoms with E-state index in [4.69, 9.17) is 0 Å². The predicted octanol–water partition coefficient (Wildman–Crippen LogP) is 0.274. The van der Waals surface area contributed by atoms with E-state index in [1.807, 2.05) is 0 Å². The first kappa shape index (κ1) is 6.39. The van der Waals surface area contributed by atoms with Gasteiger partial charge >= 0.3 is 11.6 Å². The van der Waals surface area contributed by atoms with Gasteiger partial charge in [0, 0.05) is 5.16 Å². The lowest BCUT2D eigenvalue weighted by Crippen LogP contribution is -1.92. The van der Waals surface area contributed by atoms with Crippen molar-refractivity contribution in [3.63, 3.8) is 0 Å². The zero-order valence-corrected chi connectivity index (χ0v) is 4.44. The Hall–Kier alpha value is -1.73. The third-order valence-electron chi connectivity index (χ3n) is 0.734. The Morgan fingerprint density at radius 1 is 1.70 bits per heavy atom. The van der Waals surface area contributed by atoms with Crippen LogP contribution in [-0.4, -0.2) is 15.2 Å². The highest BCUT2D eigenvalue weighted by atomic mass is 19.2. The van der Waals surface area contributed by atoms with Crippen molar-refractivity contribution in [2.24, 2.45) is 0 Å². The maximum absolute atomic E-state index is 11.5. The molecule has 1 N–H and O–H groups in total. The molecule has 0 saturated carbocycles. The standard InChI is InChI=1S/C2HFN4O3/c3-4-1-2(7(8)9)6-10-5-1/h(H,4,5). The Balaban J connectivity index is 3.01. The van der Waals surface area contributed by atoms with Crippen LogP contribution in [-0.2, 0) is 0 Å². The van der Waals surface area contributed by atoms with Gasteiger partial charge in [0.05, 0.1) is 0 Å².